The number of carbonyl (C=O) groups is 1. The molecule has 1 amide bonds. The summed E-state index contributed by atoms with van der Waals surface area (Å²) in [6.45, 7) is 4.26. The van der Waals surface area contributed by atoms with Crippen LogP contribution in [0.25, 0.3) is 0 Å². The summed E-state index contributed by atoms with van der Waals surface area (Å²) in [4.78, 5) is 15.0. The van der Waals surface area contributed by atoms with Crippen LogP contribution in [0.4, 0.5) is 0 Å². The average Bonchev–Trinajstić information content (AvgIpc) is 2.69. The lowest BCUT2D eigenvalue weighted by Crippen LogP contribution is -2.38. The SMILES string of the molecule is CCC(C)N(Cc1cccc(OS(C)(=O)=O)c1)C(=O)c1ccc(OC)cc1OC. The Hall–Kier alpha value is -2.74. The third kappa shape index (κ3) is 6.12. The van der Waals surface area contributed by atoms with Crippen LogP contribution in [0.3, 0.4) is 0 Å². The summed E-state index contributed by atoms with van der Waals surface area (Å²) in [5, 5.41) is 0. The highest BCUT2D eigenvalue weighted by Gasteiger charge is 2.24. The number of nitrogens with zero attached hydrogens (tertiary/aromatic N) is 1. The predicted octanol–water partition coefficient (Wildman–Crippen LogP) is 3.48. The van der Waals surface area contributed by atoms with Gasteiger partial charge in [0, 0.05) is 18.7 Å². The van der Waals surface area contributed by atoms with Crippen molar-refractivity contribution in [2.75, 3.05) is 20.5 Å². The van der Waals surface area contributed by atoms with Gasteiger partial charge in [-0.1, -0.05) is 19.1 Å². The van der Waals surface area contributed by atoms with E-state index in [0.29, 0.717) is 23.6 Å². The maximum absolute atomic E-state index is 13.3. The van der Waals surface area contributed by atoms with Crippen molar-refractivity contribution in [2.24, 2.45) is 0 Å². The molecule has 8 heteroatoms. The van der Waals surface area contributed by atoms with E-state index in [-0.39, 0.29) is 17.7 Å². The molecule has 0 heterocycles. The topological polar surface area (TPSA) is 82.1 Å². The number of methoxy groups -OCH3 is 2. The lowest BCUT2D eigenvalue weighted by Gasteiger charge is -2.29. The summed E-state index contributed by atoms with van der Waals surface area (Å²) >= 11 is 0. The minimum absolute atomic E-state index is 0.0474. The fourth-order valence-corrected chi connectivity index (χ4v) is 3.30. The van der Waals surface area contributed by atoms with Crippen molar-refractivity contribution in [1.29, 1.82) is 0 Å². The van der Waals surface area contributed by atoms with E-state index in [0.717, 1.165) is 18.2 Å². The van der Waals surface area contributed by atoms with E-state index in [1.165, 1.54) is 7.11 Å². The van der Waals surface area contributed by atoms with Gasteiger partial charge in [0.1, 0.15) is 17.2 Å². The van der Waals surface area contributed by atoms with Crippen molar-refractivity contribution < 1.29 is 26.9 Å². The van der Waals surface area contributed by atoms with E-state index >= 15 is 0 Å². The molecule has 2 aromatic carbocycles. The maximum atomic E-state index is 13.3. The Morgan fingerprint density at radius 2 is 1.79 bits per heavy atom. The van der Waals surface area contributed by atoms with E-state index in [4.69, 9.17) is 13.7 Å². The summed E-state index contributed by atoms with van der Waals surface area (Å²) in [5.74, 6) is 1.05. The van der Waals surface area contributed by atoms with Gasteiger partial charge in [0.25, 0.3) is 5.91 Å². The predicted molar refractivity (Wildman–Crippen MR) is 111 cm³/mol. The zero-order valence-electron chi connectivity index (χ0n) is 17.3. The summed E-state index contributed by atoms with van der Waals surface area (Å²) in [7, 11) is -0.573. The average molecular weight is 422 g/mol. The molecule has 0 bridgehead atoms. The zero-order chi connectivity index (χ0) is 21.6. The molecule has 0 saturated carbocycles. The van der Waals surface area contributed by atoms with Crippen LogP contribution in [0.1, 0.15) is 36.2 Å². The molecule has 0 aliphatic heterocycles. The van der Waals surface area contributed by atoms with Gasteiger partial charge < -0.3 is 18.6 Å². The van der Waals surface area contributed by atoms with Crippen LogP contribution < -0.4 is 13.7 Å². The lowest BCUT2D eigenvalue weighted by molar-refractivity contribution is 0.0668. The quantitative estimate of drug-likeness (QED) is 0.577. The van der Waals surface area contributed by atoms with Crippen LogP contribution in [0.2, 0.25) is 0 Å². The third-order valence-corrected chi connectivity index (χ3v) is 5.02. The van der Waals surface area contributed by atoms with Gasteiger partial charge in [-0.3, -0.25) is 4.79 Å². The molecule has 0 spiro atoms. The van der Waals surface area contributed by atoms with Gasteiger partial charge in [-0.05, 0) is 43.2 Å². The van der Waals surface area contributed by atoms with Crippen LogP contribution >= 0.6 is 0 Å². The second kappa shape index (κ2) is 9.65. The van der Waals surface area contributed by atoms with Gasteiger partial charge in [-0.15, -0.1) is 0 Å². The molecule has 1 atom stereocenters. The van der Waals surface area contributed by atoms with Crippen LogP contribution in [-0.2, 0) is 16.7 Å². The number of amides is 1. The van der Waals surface area contributed by atoms with Gasteiger partial charge in [-0.2, -0.15) is 8.42 Å². The Morgan fingerprint density at radius 3 is 2.38 bits per heavy atom. The highest BCUT2D eigenvalue weighted by molar-refractivity contribution is 7.86. The highest BCUT2D eigenvalue weighted by atomic mass is 32.2. The number of hydrogen-bond donors (Lipinski definition) is 0. The Morgan fingerprint density at radius 1 is 1.07 bits per heavy atom. The van der Waals surface area contributed by atoms with E-state index in [2.05, 4.69) is 0 Å². The second-order valence-electron chi connectivity index (χ2n) is 6.69. The lowest BCUT2D eigenvalue weighted by atomic mass is 10.1. The summed E-state index contributed by atoms with van der Waals surface area (Å²) in [6, 6.07) is 11.7. The van der Waals surface area contributed by atoms with Crippen LogP contribution in [0, 0.1) is 0 Å². The molecule has 0 N–H and O–H groups in total. The molecule has 2 aromatic rings. The minimum Gasteiger partial charge on any atom is -0.497 e. The summed E-state index contributed by atoms with van der Waals surface area (Å²) in [5.41, 5.74) is 1.18. The molecule has 2 rings (SSSR count). The first kappa shape index (κ1) is 22.5. The van der Waals surface area contributed by atoms with Crippen molar-refractivity contribution in [3.8, 4) is 17.2 Å². The van der Waals surface area contributed by atoms with Gasteiger partial charge in [0.2, 0.25) is 0 Å². The summed E-state index contributed by atoms with van der Waals surface area (Å²) < 4.78 is 38.3. The molecule has 29 heavy (non-hydrogen) atoms. The van der Waals surface area contributed by atoms with Crippen molar-refractivity contribution in [3.05, 3.63) is 53.6 Å². The highest BCUT2D eigenvalue weighted by Crippen LogP contribution is 2.28. The van der Waals surface area contributed by atoms with Crippen LogP contribution in [0.15, 0.2) is 42.5 Å². The Kier molecular flexibility index (Phi) is 7.50. The summed E-state index contributed by atoms with van der Waals surface area (Å²) in [6.07, 6.45) is 1.74. The molecule has 158 valence electrons. The van der Waals surface area contributed by atoms with Gasteiger partial charge in [0.05, 0.1) is 26.0 Å². The van der Waals surface area contributed by atoms with E-state index in [9.17, 15) is 13.2 Å². The van der Waals surface area contributed by atoms with Crippen LogP contribution in [-0.4, -0.2) is 45.7 Å². The standard InChI is InChI=1S/C21H27NO6S/c1-6-15(2)22(14-16-8-7-9-18(12-16)28-29(5,24)25)21(23)19-11-10-17(26-3)13-20(19)27-4/h7-13,15H,6,14H2,1-5H3. The minimum atomic E-state index is -3.63. The number of hydrogen-bond acceptors (Lipinski definition) is 6. The molecule has 0 aromatic heterocycles. The van der Waals surface area contributed by atoms with Crippen molar-refractivity contribution in [3.63, 3.8) is 0 Å². The normalized spacial score (nSPS) is 12.2. The first-order valence-electron chi connectivity index (χ1n) is 9.19. The van der Waals surface area contributed by atoms with Crippen molar-refractivity contribution >= 4 is 16.0 Å². The van der Waals surface area contributed by atoms with E-state index in [1.54, 1.807) is 48.4 Å². The van der Waals surface area contributed by atoms with Gasteiger partial charge in [-0.25, -0.2) is 0 Å². The third-order valence-electron chi connectivity index (χ3n) is 4.52. The first-order valence-corrected chi connectivity index (χ1v) is 11.0. The number of benzene rings is 2. The molecular formula is C21H27NO6S. The van der Waals surface area contributed by atoms with Crippen molar-refractivity contribution in [1.82, 2.24) is 4.90 Å². The monoisotopic (exact) mass is 421 g/mol. The molecular weight excluding hydrogens is 394 g/mol. The molecule has 1 unspecified atom stereocenters. The fourth-order valence-electron chi connectivity index (χ4n) is 2.85. The van der Waals surface area contributed by atoms with Gasteiger partial charge in [0.15, 0.2) is 0 Å². The largest absolute Gasteiger partial charge is 0.497 e. The fraction of sp³-hybridized carbons (Fsp3) is 0.381. The number of carbonyl (C=O) groups excluding carboxylic acids is 1. The van der Waals surface area contributed by atoms with Crippen molar-refractivity contribution in [2.45, 2.75) is 32.9 Å². The number of rotatable bonds is 9. The molecule has 0 aliphatic rings. The molecule has 0 radical (unpaired) electrons. The molecule has 7 nitrogen and oxygen atoms in total. The van der Waals surface area contributed by atoms with Crippen LogP contribution in [0.5, 0.6) is 17.2 Å². The van der Waals surface area contributed by atoms with Gasteiger partial charge >= 0.3 is 10.1 Å². The molecule has 0 fully saturated rings. The van der Waals surface area contributed by atoms with E-state index < -0.39 is 10.1 Å². The van der Waals surface area contributed by atoms with E-state index in [1.807, 2.05) is 19.9 Å². The smallest absolute Gasteiger partial charge is 0.306 e. The Labute approximate surface area is 172 Å². The molecule has 0 saturated heterocycles. The first-order chi connectivity index (χ1) is 13.7. The maximum Gasteiger partial charge on any atom is 0.306 e. The Balaban J connectivity index is 2.36. The second-order valence-corrected chi connectivity index (χ2v) is 8.27. The number of ether oxygens (including phenoxy) is 2. The molecule has 0 aliphatic carbocycles. The Bertz CT molecular complexity index is 957. The zero-order valence-corrected chi connectivity index (χ0v) is 18.2.